The van der Waals surface area contributed by atoms with E-state index >= 15 is 0 Å². The molecule has 3 rings (SSSR count). The fourth-order valence-electron chi connectivity index (χ4n) is 2.20. The van der Waals surface area contributed by atoms with Crippen LogP contribution in [0.1, 0.15) is 17.7 Å². The highest BCUT2D eigenvalue weighted by atomic mass is 16.2. The van der Waals surface area contributed by atoms with E-state index in [9.17, 15) is 4.79 Å². The summed E-state index contributed by atoms with van der Waals surface area (Å²) in [6, 6.07) is 13.8. The van der Waals surface area contributed by atoms with Crippen molar-refractivity contribution in [1.29, 1.82) is 0 Å². The van der Waals surface area contributed by atoms with Crippen LogP contribution in [0.2, 0.25) is 0 Å². The Labute approximate surface area is 128 Å². The molecule has 1 aromatic carbocycles. The zero-order valence-electron chi connectivity index (χ0n) is 12.0. The van der Waals surface area contributed by atoms with E-state index in [1.54, 1.807) is 18.6 Å². The number of aromatic nitrogens is 2. The first-order valence-electron chi connectivity index (χ1n) is 7.10. The molecule has 2 heterocycles. The number of nitrogens with zero attached hydrogens (tertiary/aromatic N) is 2. The lowest BCUT2D eigenvalue weighted by molar-refractivity contribution is -0.121. The molecule has 0 unspecified atom stereocenters. The lowest BCUT2D eigenvalue weighted by Crippen LogP contribution is -2.17. The third-order valence-electron chi connectivity index (χ3n) is 3.32. The van der Waals surface area contributed by atoms with Gasteiger partial charge in [-0.15, -0.1) is 0 Å². The second-order valence-corrected chi connectivity index (χ2v) is 4.96. The maximum atomic E-state index is 11.8. The topological polar surface area (TPSA) is 70.1 Å². The molecule has 0 aliphatic heterocycles. The number of H-pyrrole nitrogens is 1. The Balaban J connectivity index is 1.51. The number of rotatable bonds is 5. The number of aryl methyl sites for hydroxylation is 1. The molecule has 0 aliphatic carbocycles. The number of carbonyl (C=O) groups excluding carboxylic acids is 1. The predicted molar refractivity (Wildman–Crippen MR) is 86.6 cm³/mol. The van der Waals surface area contributed by atoms with E-state index in [4.69, 9.17) is 0 Å². The van der Waals surface area contributed by atoms with Gasteiger partial charge < -0.3 is 4.98 Å². The summed E-state index contributed by atoms with van der Waals surface area (Å²) in [5, 5.41) is 5.09. The van der Waals surface area contributed by atoms with E-state index in [2.05, 4.69) is 32.6 Å². The number of hydrogen-bond acceptors (Lipinski definition) is 3. The molecular formula is C17H16N4O. The number of fused-ring (bicyclic) bond motifs is 1. The van der Waals surface area contributed by atoms with Crippen LogP contribution in [-0.4, -0.2) is 22.1 Å². The molecule has 0 radical (unpaired) electrons. The molecule has 5 heteroatoms. The van der Waals surface area contributed by atoms with Gasteiger partial charge in [0.15, 0.2) is 0 Å². The van der Waals surface area contributed by atoms with Crippen LogP contribution in [0.4, 0.5) is 0 Å². The first-order valence-corrected chi connectivity index (χ1v) is 7.10. The van der Waals surface area contributed by atoms with Gasteiger partial charge in [0.05, 0.1) is 6.21 Å². The smallest absolute Gasteiger partial charge is 0.240 e. The SMILES string of the molecule is O=C(CCc1cc2ccccc2[nH]1)NN=Cc1ccncc1. The third-order valence-corrected chi connectivity index (χ3v) is 3.32. The van der Waals surface area contributed by atoms with Crippen molar-refractivity contribution in [3.05, 3.63) is 66.1 Å². The Bertz CT molecular complexity index is 760. The largest absolute Gasteiger partial charge is 0.358 e. The second-order valence-electron chi connectivity index (χ2n) is 4.96. The van der Waals surface area contributed by atoms with Crippen molar-refractivity contribution in [3.63, 3.8) is 0 Å². The molecular weight excluding hydrogens is 276 g/mol. The normalized spacial score (nSPS) is 11.1. The maximum Gasteiger partial charge on any atom is 0.240 e. The van der Waals surface area contributed by atoms with Crippen LogP contribution >= 0.6 is 0 Å². The molecule has 5 nitrogen and oxygen atoms in total. The second kappa shape index (κ2) is 6.67. The van der Waals surface area contributed by atoms with Crippen LogP contribution in [0.15, 0.2) is 60.0 Å². The number of benzene rings is 1. The number of hydrazone groups is 1. The van der Waals surface area contributed by atoms with Crippen LogP contribution in [-0.2, 0) is 11.2 Å². The van der Waals surface area contributed by atoms with Crippen molar-refractivity contribution >= 4 is 23.0 Å². The van der Waals surface area contributed by atoms with Gasteiger partial charge >= 0.3 is 0 Å². The van der Waals surface area contributed by atoms with Crippen LogP contribution < -0.4 is 5.43 Å². The van der Waals surface area contributed by atoms with Crippen LogP contribution in [0, 0.1) is 0 Å². The van der Waals surface area contributed by atoms with Gasteiger partial charge in [-0.25, -0.2) is 5.43 Å². The summed E-state index contributed by atoms with van der Waals surface area (Å²) < 4.78 is 0. The number of pyridine rings is 1. The summed E-state index contributed by atoms with van der Waals surface area (Å²) in [7, 11) is 0. The van der Waals surface area contributed by atoms with Gasteiger partial charge in [-0.3, -0.25) is 9.78 Å². The summed E-state index contributed by atoms with van der Waals surface area (Å²) in [6.07, 6.45) is 6.01. The van der Waals surface area contributed by atoms with E-state index in [0.29, 0.717) is 12.8 Å². The molecule has 2 N–H and O–H groups in total. The fraction of sp³-hybridized carbons (Fsp3) is 0.118. The first-order chi connectivity index (χ1) is 10.8. The highest BCUT2D eigenvalue weighted by Gasteiger charge is 2.04. The van der Waals surface area contributed by atoms with E-state index in [0.717, 1.165) is 22.2 Å². The summed E-state index contributed by atoms with van der Waals surface area (Å²) in [6.45, 7) is 0. The van der Waals surface area contributed by atoms with Gasteiger partial charge in [-0.2, -0.15) is 5.10 Å². The van der Waals surface area contributed by atoms with Crippen molar-refractivity contribution in [2.24, 2.45) is 5.10 Å². The Morgan fingerprint density at radius 1 is 1.23 bits per heavy atom. The minimum absolute atomic E-state index is 0.107. The van der Waals surface area contributed by atoms with Gasteiger partial charge in [-0.1, -0.05) is 18.2 Å². The summed E-state index contributed by atoms with van der Waals surface area (Å²) in [5.74, 6) is -0.107. The minimum Gasteiger partial charge on any atom is -0.358 e. The molecule has 0 spiro atoms. The number of carbonyl (C=O) groups is 1. The zero-order valence-corrected chi connectivity index (χ0v) is 12.0. The Morgan fingerprint density at radius 3 is 2.86 bits per heavy atom. The van der Waals surface area contributed by atoms with Crippen LogP contribution in [0.3, 0.4) is 0 Å². The van der Waals surface area contributed by atoms with Crippen molar-refractivity contribution in [1.82, 2.24) is 15.4 Å². The molecule has 0 aliphatic rings. The Hall–Kier alpha value is -2.95. The molecule has 0 bridgehead atoms. The maximum absolute atomic E-state index is 11.8. The van der Waals surface area contributed by atoms with Gasteiger partial charge in [0.1, 0.15) is 0 Å². The molecule has 110 valence electrons. The van der Waals surface area contributed by atoms with Gasteiger partial charge in [-0.05, 0) is 41.6 Å². The van der Waals surface area contributed by atoms with Gasteiger partial charge in [0, 0.05) is 30.0 Å². The number of para-hydroxylation sites is 1. The summed E-state index contributed by atoms with van der Waals surface area (Å²) in [4.78, 5) is 19.0. The molecule has 0 saturated carbocycles. The summed E-state index contributed by atoms with van der Waals surface area (Å²) >= 11 is 0. The van der Waals surface area contributed by atoms with Crippen molar-refractivity contribution < 1.29 is 4.79 Å². The van der Waals surface area contributed by atoms with E-state index < -0.39 is 0 Å². The molecule has 3 aromatic rings. The van der Waals surface area contributed by atoms with E-state index in [1.807, 2.05) is 30.3 Å². The van der Waals surface area contributed by atoms with Gasteiger partial charge in [0.25, 0.3) is 0 Å². The Kier molecular flexibility index (Phi) is 4.25. The lowest BCUT2D eigenvalue weighted by Gasteiger charge is -1.98. The molecule has 22 heavy (non-hydrogen) atoms. The standard InChI is InChI=1S/C17H16N4O/c22-17(21-19-12-13-7-9-18-10-8-13)6-5-15-11-14-3-1-2-4-16(14)20-15/h1-4,7-12,20H,5-6H2,(H,21,22). The fourth-order valence-corrected chi connectivity index (χ4v) is 2.20. The number of amides is 1. The highest BCUT2D eigenvalue weighted by molar-refractivity contribution is 5.83. The van der Waals surface area contributed by atoms with E-state index in [-0.39, 0.29) is 5.91 Å². The van der Waals surface area contributed by atoms with Crippen LogP contribution in [0.5, 0.6) is 0 Å². The number of aromatic amines is 1. The minimum atomic E-state index is -0.107. The van der Waals surface area contributed by atoms with Gasteiger partial charge in [0.2, 0.25) is 5.91 Å². The van der Waals surface area contributed by atoms with Crippen molar-refractivity contribution in [2.75, 3.05) is 0 Å². The highest BCUT2D eigenvalue weighted by Crippen LogP contribution is 2.15. The Morgan fingerprint density at radius 2 is 2.05 bits per heavy atom. The molecule has 0 atom stereocenters. The molecule has 2 aromatic heterocycles. The number of hydrogen-bond donors (Lipinski definition) is 2. The monoisotopic (exact) mass is 292 g/mol. The average Bonchev–Trinajstić information content (AvgIpc) is 2.97. The first kappa shape index (κ1) is 14.0. The van der Waals surface area contributed by atoms with Crippen molar-refractivity contribution in [3.8, 4) is 0 Å². The third kappa shape index (κ3) is 3.58. The molecule has 1 amide bonds. The lowest BCUT2D eigenvalue weighted by atomic mass is 10.2. The molecule has 0 fully saturated rings. The molecule has 0 saturated heterocycles. The summed E-state index contributed by atoms with van der Waals surface area (Å²) in [5.41, 5.74) is 5.57. The quantitative estimate of drug-likeness (QED) is 0.560. The van der Waals surface area contributed by atoms with E-state index in [1.165, 1.54) is 0 Å². The predicted octanol–water partition coefficient (Wildman–Crippen LogP) is 2.65. The van der Waals surface area contributed by atoms with Crippen molar-refractivity contribution in [2.45, 2.75) is 12.8 Å². The average molecular weight is 292 g/mol. The number of nitrogens with one attached hydrogen (secondary N) is 2. The zero-order chi connectivity index (χ0) is 15.2. The van der Waals surface area contributed by atoms with Crippen LogP contribution in [0.25, 0.3) is 10.9 Å².